The molecule has 0 aromatic carbocycles. The lowest BCUT2D eigenvalue weighted by Crippen LogP contribution is -2.45. The first-order valence-electron chi connectivity index (χ1n) is 23.9. The molecule has 0 aromatic heterocycles. The molecule has 0 rings (SSSR count). The molecule has 0 radical (unpaired) electrons. The molecule has 2 atom stereocenters. The Morgan fingerprint density at radius 3 is 1.17 bits per heavy atom. The summed E-state index contributed by atoms with van der Waals surface area (Å²) in [4.78, 5) is 12.4. The number of allylic oxidation sites excluding steroid dienone is 7. The van der Waals surface area contributed by atoms with Gasteiger partial charge in [0.05, 0.1) is 18.8 Å². The number of nitrogens with one attached hydrogen (secondary N) is 1. The van der Waals surface area contributed by atoms with Crippen LogP contribution in [0.1, 0.15) is 245 Å². The van der Waals surface area contributed by atoms with Gasteiger partial charge in [-0.25, -0.2) is 0 Å². The topological polar surface area (TPSA) is 69.6 Å². The molecule has 0 aliphatic rings. The normalized spacial score (nSPS) is 13.3. The van der Waals surface area contributed by atoms with Crippen LogP contribution in [0.3, 0.4) is 0 Å². The number of aliphatic hydroxyl groups is 2. The zero-order valence-corrected chi connectivity index (χ0v) is 36.2. The minimum Gasteiger partial charge on any atom is -0.394 e. The van der Waals surface area contributed by atoms with Crippen molar-refractivity contribution >= 4 is 5.91 Å². The van der Waals surface area contributed by atoms with E-state index in [1.54, 1.807) is 6.08 Å². The maximum atomic E-state index is 12.4. The zero-order chi connectivity index (χ0) is 39.3. The van der Waals surface area contributed by atoms with Crippen LogP contribution in [0.2, 0.25) is 0 Å². The number of hydrogen-bond donors (Lipinski definition) is 3. The van der Waals surface area contributed by atoms with Crippen molar-refractivity contribution in [1.29, 1.82) is 0 Å². The van der Waals surface area contributed by atoms with E-state index >= 15 is 0 Å². The molecule has 0 spiro atoms. The summed E-state index contributed by atoms with van der Waals surface area (Å²) in [6.07, 6.45) is 62.7. The first-order valence-corrected chi connectivity index (χ1v) is 23.9. The van der Waals surface area contributed by atoms with Crippen molar-refractivity contribution in [3.8, 4) is 0 Å². The molecule has 0 fully saturated rings. The van der Waals surface area contributed by atoms with E-state index in [0.29, 0.717) is 6.42 Å². The van der Waals surface area contributed by atoms with Crippen LogP contribution in [0, 0.1) is 0 Å². The van der Waals surface area contributed by atoms with Gasteiger partial charge in [-0.2, -0.15) is 0 Å². The Balaban J connectivity index is 3.43. The lowest BCUT2D eigenvalue weighted by molar-refractivity contribution is -0.123. The summed E-state index contributed by atoms with van der Waals surface area (Å²) in [6.45, 7) is 4.18. The summed E-state index contributed by atoms with van der Waals surface area (Å²) in [7, 11) is 0. The number of carbonyl (C=O) groups excluding carboxylic acids is 1. The van der Waals surface area contributed by atoms with Crippen LogP contribution in [0.25, 0.3) is 0 Å². The van der Waals surface area contributed by atoms with E-state index in [2.05, 4.69) is 55.6 Å². The highest BCUT2D eigenvalue weighted by molar-refractivity contribution is 5.76. The molecule has 0 bridgehead atoms. The molecular formula is C50H93NO3. The molecule has 0 aromatic rings. The van der Waals surface area contributed by atoms with Crippen LogP contribution in [0.5, 0.6) is 0 Å². The van der Waals surface area contributed by atoms with Crippen molar-refractivity contribution < 1.29 is 15.0 Å². The smallest absolute Gasteiger partial charge is 0.220 e. The second-order valence-corrected chi connectivity index (χ2v) is 16.1. The van der Waals surface area contributed by atoms with E-state index in [4.69, 9.17) is 0 Å². The van der Waals surface area contributed by atoms with Gasteiger partial charge in [0.2, 0.25) is 5.91 Å². The third-order valence-electron chi connectivity index (χ3n) is 10.8. The summed E-state index contributed by atoms with van der Waals surface area (Å²) in [5.41, 5.74) is 0. The Hall–Kier alpha value is -1.65. The molecular weight excluding hydrogens is 663 g/mol. The Bertz CT molecular complexity index is 862. The minimum atomic E-state index is -0.867. The minimum absolute atomic E-state index is 0.0791. The van der Waals surface area contributed by atoms with E-state index in [1.807, 2.05) is 6.08 Å². The summed E-state index contributed by atoms with van der Waals surface area (Å²) in [6, 6.07) is -0.643. The summed E-state index contributed by atoms with van der Waals surface area (Å²) < 4.78 is 0. The molecule has 1 amide bonds. The highest BCUT2D eigenvalue weighted by Crippen LogP contribution is 2.16. The van der Waals surface area contributed by atoms with E-state index in [0.717, 1.165) is 44.9 Å². The zero-order valence-electron chi connectivity index (χ0n) is 36.2. The number of rotatable bonds is 43. The molecule has 0 aliphatic carbocycles. The first kappa shape index (κ1) is 52.3. The van der Waals surface area contributed by atoms with Crippen LogP contribution >= 0.6 is 0 Å². The highest BCUT2D eigenvalue weighted by Gasteiger charge is 2.17. The predicted molar refractivity (Wildman–Crippen MR) is 239 cm³/mol. The first-order chi connectivity index (χ1) is 26.7. The number of amides is 1. The van der Waals surface area contributed by atoms with Crippen LogP contribution in [0.4, 0.5) is 0 Å². The second kappa shape index (κ2) is 45.7. The van der Waals surface area contributed by atoms with Gasteiger partial charge in [0.25, 0.3) is 0 Å². The molecule has 4 heteroatoms. The fraction of sp³-hybridized carbons (Fsp3) is 0.820. The van der Waals surface area contributed by atoms with E-state index in [9.17, 15) is 15.0 Å². The maximum absolute atomic E-state index is 12.4. The van der Waals surface area contributed by atoms with Gasteiger partial charge in [-0.3, -0.25) is 4.79 Å². The van der Waals surface area contributed by atoms with Gasteiger partial charge in [0.15, 0.2) is 0 Å². The van der Waals surface area contributed by atoms with E-state index < -0.39 is 12.1 Å². The molecule has 0 heterocycles. The molecule has 2 unspecified atom stereocenters. The van der Waals surface area contributed by atoms with Crippen molar-refractivity contribution in [1.82, 2.24) is 5.32 Å². The van der Waals surface area contributed by atoms with Gasteiger partial charge in [-0.05, 0) is 64.2 Å². The average Bonchev–Trinajstić information content (AvgIpc) is 3.18. The molecule has 0 saturated heterocycles. The lowest BCUT2D eigenvalue weighted by Gasteiger charge is -2.19. The maximum Gasteiger partial charge on any atom is 0.220 e. The van der Waals surface area contributed by atoms with Gasteiger partial charge < -0.3 is 15.5 Å². The predicted octanol–water partition coefficient (Wildman–Crippen LogP) is 15.1. The van der Waals surface area contributed by atoms with Gasteiger partial charge in [-0.15, -0.1) is 0 Å². The number of unbranched alkanes of at least 4 members (excludes halogenated alkanes) is 30. The summed E-state index contributed by atoms with van der Waals surface area (Å²) in [5.74, 6) is -0.0791. The number of hydrogen-bond acceptors (Lipinski definition) is 3. The SMILES string of the molecule is CC/C=C/CC/C=C/CC/C=C/C(O)C(CO)NC(=O)CCCCCCCCCCCCCCCCCC/C=C\CCCCCCCCCCCCCC. The van der Waals surface area contributed by atoms with E-state index in [-0.39, 0.29) is 12.5 Å². The van der Waals surface area contributed by atoms with Crippen LogP contribution in [0.15, 0.2) is 48.6 Å². The molecule has 0 aliphatic heterocycles. The Morgan fingerprint density at radius 1 is 0.444 bits per heavy atom. The Labute approximate surface area is 337 Å². The largest absolute Gasteiger partial charge is 0.394 e. The quantitative estimate of drug-likeness (QED) is 0.0429. The second-order valence-electron chi connectivity index (χ2n) is 16.1. The highest BCUT2D eigenvalue weighted by atomic mass is 16.3. The summed E-state index contributed by atoms with van der Waals surface area (Å²) >= 11 is 0. The van der Waals surface area contributed by atoms with Crippen molar-refractivity contribution in [2.45, 2.75) is 257 Å². The summed E-state index contributed by atoms with van der Waals surface area (Å²) in [5, 5.41) is 22.9. The van der Waals surface area contributed by atoms with Gasteiger partial charge in [0.1, 0.15) is 0 Å². The third-order valence-corrected chi connectivity index (χ3v) is 10.8. The van der Waals surface area contributed by atoms with Crippen LogP contribution < -0.4 is 5.32 Å². The van der Waals surface area contributed by atoms with Gasteiger partial charge in [0, 0.05) is 6.42 Å². The van der Waals surface area contributed by atoms with Crippen molar-refractivity contribution in [3.05, 3.63) is 48.6 Å². The fourth-order valence-electron chi connectivity index (χ4n) is 7.15. The van der Waals surface area contributed by atoms with Crippen molar-refractivity contribution in [2.24, 2.45) is 0 Å². The van der Waals surface area contributed by atoms with Gasteiger partial charge >= 0.3 is 0 Å². The van der Waals surface area contributed by atoms with Crippen molar-refractivity contribution in [3.63, 3.8) is 0 Å². The monoisotopic (exact) mass is 756 g/mol. The standard InChI is InChI=1S/C50H93NO3/c1-3-5-7-9-11-13-15-16-17-18-19-20-21-22-23-24-25-26-27-28-29-30-31-32-33-34-35-36-38-40-42-44-46-50(54)51-48(47-52)49(53)45-43-41-39-37-14-12-10-8-6-4-2/h6,8,14,22-23,37,43,45,48-49,52-53H,3-5,7,9-13,15-21,24-36,38-42,44,46-47H2,1-2H3,(H,51,54)/b8-6+,23-22-,37-14+,45-43+. The van der Waals surface area contributed by atoms with E-state index in [1.165, 1.54) is 180 Å². The third kappa shape index (κ3) is 41.5. The lowest BCUT2D eigenvalue weighted by atomic mass is 10.0. The Kier molecular flexibility index (Phi) is 44.3. The van der Waals surface area contributed by atoms with Crippen LogP contribution in [-0.4, -0.2) is 34.9 Å². The van der Waals surface area contributed by atoms with Gasteiger partial charge in [-0.1, -0.05) is 223 Å². The van der Waals surface area contributed by atoms with Crippen molar-refractivity contribution in [2.75, 3.05) is 6.61 Å². The number of carbonyl (C=O) groups is 1. The molecule has 0 saturated carbocycles. The molecule has 4 nitrogen and oxygen atoms in total. The van der Waals surface area contributed by atoms with Crippen LogP contribution in [-0.2, 0) is 4.79 Å². The Morgan fingerprint density at radius 2 is 0.778 bits per heavy atom. The fourth-order valence-corrected chi connectivity index (χ4v) is 7.15. The number of aliphatic hydroxyl groups excluding tert-OH is 2. The molecule has 316 valence electrons. The molecule has 54 heavy (non-hydrogen) atoms. The average molecular weight is 756 g/mol. The molecule has 3 N–H and O–H groups in total.